The Kier molecular flexibility index (Phi) is 7.32. The van der Waals surface area contributed by atoms with Crippen LogP contribution < -0.4 is 5.32 Å². The van der Waals surface area contributed by atoms with Crippen molar-refractivity contribution in [1.29, 1.82) is 0 Å². The average Bonchev–Trinajstić information content (AvgIpc) is 3.62. The molecule has 1 amide bonds. The van der Waals surface area contributed by atoms with E-state index in [2.05, 4.69) is 34.3 Å². The number of rotatable bonds is 7. The fourth-order valence-corrected chi connectivity index (χ4v) is 5.62. The Morgan fingerprint density at radius 2 is 2.00 bits per heavy atom. The second-order valence-electron chi connectivity index (χ2n) is 9.39. The molecule has 0 atom stereocenters. The predicted molar refractivity (Wildman–Crippen MR) is 142 cm³/mol. The van der Waals surface area contributed by atoms with Crippen LogP contribution in [-0.2, 0) is 11.3 Å². The maximum Gasteiger partial charge on any atom is 0.337 e. The minimum atomic E-state index is -0.474. The van der Waals surface area contributed by atoms with Crippen LogP contribution in [0.5, 0.6) is 0 Å². The van der Waals surface area contributed by atoms with Crippen molar-refractivity contribution in [2.75, 3.05) is 20.2 Å². The Hall–Kier alpha value is -3.21. The zero-order valence-corrected chi connectivity index (χ0v) is 22.4. The van der Waals surface area contributed by atoms with E-state index in [1.165, 1.54) is 18.4 Å². The van der Waals surface area contributed by atoms with Crippen molar-refractivity contribution in [3.8, 4) is 10.6 Å². The van der Waals surface area contributed by atoms with Crippen molar-refractivity contribution in [3.63, 3.8) is 0 Å². The van der Waals surface area contributed by atoms with Gasteiger partial charge in [0, 0.05) is 36.6 Å². The maximum absolute atomic E-state index is 13.4. The van der Waals surface area contributed by atoms with Gasteiger partial charge in [-0.05, 0) is 57.0 Å². The summed E-state index contributed by atoms with van der Waals surface area (Å²) in [5.41, 5.74) is 1.97. The number of carbonyl (C=O) groups is 2. The largest absolute Gasteiger partial charge is 0.465 e. The van der Waals surface area contributed by atoms with Crippen LogP contribution in [0.2, 0.25) is 4.34 Å². The molecule has 5 rings (SSSR count). The number of carbonyl (C=O) groups excluding carboxylic acids is 2. The second kappa shape index (κ2) is 10.6. The molecule has 1 N–H and O–H groups in total. The minimum Gasteiger partial charge on any atom is -0.465 e. The van der Waals surface area contributed by atoms with E-state index in [1.54, 1.807) is 28.9 Å². The molecule has 1 aliphatic heterocycles. The average molecular weight is 542 g/mol. The number of methoxy groups -OCH3 is 1. The molecular formula is C26H28ClN5O4S. The highest BCUT2D eigenvalue weighted by molar-refractivity contribution is 7.19. The third kappa shape index (κ3) is 5.41. The molecule has 0 unspecified atom stereocenters. The Morgan fingerprint density at radius 1 is 1.22 bits per heavy atom. The number of esters is 1. The Labute approximate surface area is 223 Å². The van der Waals surface area contributed by atoms with E-state index in [1.807, 2.05) is 12.1 Å². The van der Waals surface area contributed by atoms with Crippen LogP contribution in [0.3, 0.4) is 0 Å². The normalized spacial score (nSPS) is 14.9. The first kappa shape index (κ1) is 25.4. The number of thiophene rings is 1. The quantitative estimate of drug-likeness (QED) is 0.334. The van der Waals surface area contributed by atoms with Crippen molar-refractivity contribution in [2.24, 2.45) is 0 Å². The van der Waals surface area contributed by atoms with Crippen LogP contribution in [0.1, 0.15) is 53.2 Å². The lowest BCUT2D eigenvalue weighted by Gasteiger charge is -2.34. The van der Waals surface area contributed by atoms with Crippen LogP contribution in [0.15, 0.2) is 40.9 Å². The zero-order chi connectivity index (χ0) is 26.1. The molecule has 4 heterocycles. The van der Waals surface area contributed by atoms with Crippen molar-refractivity contribution in [3.05, 3.63) is 57.7 Å². The van der Waals surface area contributed by atoms with Gasteiger partial charge in [-0.25, -0.2) is 4.79 Å². The molecule has 3 aromatic heterocycles. The monoisotopic (exact) mass is 541 g/mol. The topological polar surface area (TPSA) is 102 Å². The highest BCUT2D eigenvalue weighted by atomic mass is 35.5. The van der Waals surface area contributed by atoms with Gasteiger partial charge in [0.15, 0.2) is 11.5 Å². The highest BCUT2D eigenvalue weighted by Gasteiger charge is 2.26. The lowest BCUT2D eigenvalue weighted by atomic mass is 10.0. The summed E-state index contributed by atoms with van der Waals surface area (Å²) in [7, 11) is 1.33. The first-order valence-corrected chi connectivity index (χ1v) is 13.4. The molecule has 1 aromatic carbocycles. The van der Waals surface area contributed by atoms with Crippen LogP contribution in [0.4, 0.5) is 0 Å². The number of nitrogens with one attached hydrogen (secondary N) is 1. The van der Waals surface area contributed by atoms with Gasteiger partial charge < -0.3 is 19.5 Å². The highest BCUT2D eigenvalue weighted by Crippen LogP contribution is 2.31. The fraction of sp³-hybridized carbons (Fsp3) is 0.385. The van der Waals surface area contributed by atoms with Crippen LogP contribution in [0, 0.1) is 0 Å². The molecule has 0 radical (unpaired) electrons. The molecule has 37 heavy (non-hydrogen) atoms. The number of piperidine rings is 1. The van der Waals surface area contributed by atoms with Gasteiger partial charge in [0.1, 0.15) is 5.69 Å². The van der Waals surface area contributed by atoms with Gasteiger partial charge in [0.05, 0.1) is 33.9 Å². The third-order valence-electron chi connectivity index (χ3n) is 6.67. The standard InChI is InChI=1S/C26H28ClN5O4S/c1-15(2)31-10-8-17(9-11-31)28-25(33)24-19-12-16(26(34)35-3)4-5-20(19)32(29-24)14-18-13-21(36-30-18)22-6-7-23(27)37-22/h4-7,12-13,15,17H,8-11,14H2,1-3H3,(H,28,33). The lowest BCUT2D eigenvalue weighted by molar-refractivity contribution is 0.0600. The molecule has 11 heteroatoms. The molecular weight excluding hydrogens is 514 g/mol. The summed E-state index contributed by atoms with van der Waals surface area (Å²) in [5.74, 6) is -0.123. The van der Waals surface area contributed by atoms with Gasteiger partial charge in [-0.2, -0.15) is 5.10 Å². The maximum atomic E-state index is 13.4. The molecule has 9 nitrogen and oxygen atoms in total. The molecule has 0 saturated carbocycles. The third-order valence-corrected chi connectivity index (χ3v) is 7.91. The summed E-state index contributed by atoms with van der Waals surface area (Å²) < 4.78 is 12.8. The molecule has 1 aliphatic rings. The van der Waals surface area contributed by atoms with Crippen LogP contribution >= 0.6 is 22.9 Å². The molecule has 0 spiro atoms. The fourth-order valence-electron chi connectivity index (χ4n) is 4.63. The molecule has 1 fully saturated rings. The molecule has 0 bridgehead atoms. The number of likely N-dealkylation sites (tertiary alicyclic amines) is 1. The van der Waals surface area contributed by atoms with E-state index in [9.17, 15) is 9.59 Å². The number of nitrogens with zero attached hydrogens (tertiary/aromatic N) is 4. The van der Waals surface area contributed by atoms with E-state index >= 15 is 0 Å². The summed E-state index contributed by atoms with van der Waals surface area (Å²) in [6.07, 6.45) is 1.76. The summed E-state index contributed by atoms with van der Waals surface area (Å²) in [4.78, 5) is 28.9. The number of halogens is 1. The number of amides is 1. The number of fused-ring (bicyclic) bond motifs is 1. The molecule has 194 valence electrons. The number of aromatic nitrogens is 3. The van der Waals surface area contributed by atoms with E-state index in [0.717, 1.165) is 30.8 Å². The summed E-state index contributed by atoms with van der Waals surface area (Å²) >= 11 is 7.45. The Bertz CT molecular complexity index is 1430. The molecule has 4 aromatic rings. The molecule has 1 saturated heterocycles. The number of hydrogen-bond acceptors (Lipinski definition) is 8. The van der Waals surface area contributed by atoms with E-state index < -0.39 is 5.97 Å². The summed E-state index contributed by atoms with van der Waals surface area (Å²) in [6, 6.07) is 11.2. The smallest absolute Gasteiger partial charge is 0.337 e. The van der Waals surface area contributed by atoms with E-state index in [4.69, 9.17) is 20.9 Å². The van der Waals surface area contributed by atoms with Crippen molar-refractivity contribution in [2.45, 2.75) is 45.3 Å². The Balaban J connectivity index is 1.42. The van der Waals surface area contributed by atoms with Gasteiger partial charge in [-0.3, -0.25) is 9.48 Å². The van der Waals surface area contributed by atoms with Gasteiger partial charge in [0.25, 0.3) is 5.91 Å². The minimum absolute atomic E-state index is 0.0715. The van der Waals surface area contributed by atoms with Gasteiger partial charge in [0.2, 0.25) is 0 Å². The first-order valence-electron chi connectivity index (χ1n) is 12.2. The number of benzene rings is 1. The first-order chi connectivity index (χ1) is 17.8. The lowest BCUT2D eigenvalue weighted by Crippen LogP contribution is -2.46. The zero-order valence-electron chi connectivity index (χ0n) is 20.9. The Morgan fingerprint density at radius 3 is 2.68 bits per heavy atom. The van der Waals surface area contributed by atoms with Crippen molar-refractivity contribution in [1.82, 2.24) is 25.2 Å². The van der Waals surface area contributed by atoms with E-state index in [-0.39, 0.29) is 24.2 Å². The van der Waals surface area contributed by atoms with Gasteiger partial charge in [-0.1, -0.05) is 16.8 Å². The van der Waals surface area contributed by atoms with E-state index in [0.29, 0.717) is 38.3 Å². The number of ether oxygens (including phenoxy) is 1. The second-order valence-corrected chi connectivity index (χ2v) is 11.1. The summed E-state index contributed by atoms with van der Waals surface area (Å²) in [6.45, 7) is 6.53. The van der Waals surface area contributed by atoms with Gasteiger partial charge in [-0.15, -0.1) is 11.3 Å². The van der Waals surface area contributed by atoms with Crippen molar-refractivity contribution < 1.29 is 18.8 Å². The van der Waals surface area contributed by atoms with Crippen LogP contribution in [-0.4, -0.2) is 64.0 Å². The molecule has 0 aliphatic carbocycles. The van der Waals surface area contributed by atoms with Crippen molar-refractivity contribution >= 4 is 45.7 Å². The summed E-state index contributed by atoms with van der Waals surface area (Å²) in [5, 5.41) is 12.6. The SMILES string of the molecule is COC(=O)c1ccc2c(c1)c(C(=O)NC1CCN(C(C)C)CC1)nn2Cc1cc(-c2ccc(Cl)s2)on1. The van der Waals surface area contributed by atoms with Crippen LogP contribution in [0.25, 0.3) is 21.5 Å². The predicted octanol–water partition coefficient (Wildman–Crippen LogP) is 4.84. The number of hydrogen-bond donors (Lipinski definition) is 1. The van der Waals surface area contributed by atoms with Gasteiger partial charge >= 0.3 is 5.97 Å².